The third-order valence-corrected chi connectivity index (χ3v) is 4.53. The van der Waals surface area contributed by atoms with Crippen molar-refractivity contribution in [3.8, 4) is 0 Å². The van der Waals surface area contributed by atoms with Crippen molar-refractivity contribution in [2.24, 2.45) is 7.05 Å². The normalized spacial score (nSPS) is 11.3. The second-order valence-electron chi connectivity index (χ2n) is 6.29. The molecule has 5 heteroatoms. The fourth-order valence-electron chi connectivity index (χ4n) is 3.07. The largest absolute Gasteiger partial charge is 0.461 e. The van der Waals surface area contributed by atoms with Crippen LogP contribution in [0.4, 0.5) is 0 Å². The predicted molar refractivity (Wildman–Crippen MR) is 97.1 cm³/mol. The van der Waals surface area contributed by atoms with Gasteiger partial charge in [-0.3, -0.25) is 4.79 Å². The van der Waals surface area contributed by atoms with Crippen LogP contribution in [-0.4, -0.2) is 27.4 Å². The highest BCUT2D eigenvalue weighted by Gasteiger charge is 2.15. The van der Waals surface area contributed by atoms with Crippen molar-refractivity contribution in [1.29, 1.82) is 0 Å². The van der Waals surface area contributed by atoms with Crippen LogP contribution in [0.3, 0.4) is 0 Å². The van der Waals surface area contributed by atoms with E-state index in [1.165, 1.54) is 5.39 Å². The van der Waals surface area contributed by atoms with Gasteiger partial charge in [-0.25, -0.2) is 4.98 Å². The van der Waals surface area contributed by atoms with E-state index in [1.807, 2.05) is 48.1 Å². The number of fused-ring (bicyclic) bond motifs is 3. The third-order valence-electron chi connectivity index (χ3n) is 4.53. The molecule has 1 amide bonds. The van der Waals surface area contributed by atoms with Gasteiger partial charge in [-0.2, -0.15) is 0 Å². The SMILES string of the molecule is CN(Cc1nccn1C)C(=O)Cc1cc2c(ccc3ccccc32)o1. The third kappa shape index (κ3) is 2.89. The lowest BCUT2D eigenvalue weighted by Crippen LogP contribution is -2.28. The molecule has 0 atom stereocenters. The number of rotatable bonds is 4. The molecule has 126 valence electrons. The lowest BCUT2D eigenvalue weighted by atomic mass is 10.1. The average Bonchev–Trinajstić information content (AvgIpc) is 3.21. The fraction of sp³-hybridized carbons (Fsp3) is 0.200. The van der Waals surface area contributed by atoms with Crippen LogP contribution in [0, 0.1) is 0 Å². The van der Waals surface area contributed by atoms with Crippen LogP contribution in [-0.2, 0) is 24.8 Å². The number of likely N-dealkylation sites (N-methyl/N-ethyl adjacent to an activating group) is 1. The Hall–Kier alpha value is -3.08. The molecular formula is C20H19N3O2. The summed E-state index contributed by atoms with van der Waals surface area (Å²) in [4.78, 5) is 18.5. The van der Waals surface area contributed by atoms with Gasteiger partial charge in [-0.15, -0.1) is 0 Å². The summed E-state index contributed by atoms with van der Waals surface area (Å²) in [6, 6.07) is 14.2. The minimum atomic E-state index is 0.00589. The van der Waals surface area contributed by atoms with E-state index >= 15 is 0 Å². The molecule has 25 heavy (non-hydrogen) atoms. The fourth-order valence-corrected chi connectivity index (χ4v) is 3.07. The monoisotopic (exact) mass is 333 g/mol. The summed E-state index contributed by atoms with van der Waals surface area (Å²) < 4.78 is 7.80. The number of carbonyl (C=O) groups is 1. The van der Waals surface area contributed by atoms with Gasteiger partial charge >= 0.3 is 0 Å². The van der Waals surface area contributed by atoms with Gasteiger partial charge in [-0.1, -0.05) is 30.3 Å². The van der Waals surface area contributed by atoms with E-state index in [0.717, 1.165) is 22.2 Å². The van der Waals surface area contributed by atoms with Gasteiger partial charge in [0.1, 0.15) is 17.2 Å². The van der Waals surface area contributed by atoms with Crippen molar-refractivity contribution >= 4 is 27.6 Å². The molecule has 2 aromatic carbocycles. The minimum Gasteiger partial charge on any atom is -0.461 e. The van der Waals surface area contributed by atoms with Gasteiger partial charge < -0.3 is 13.9 Å². The molecule has 4 rings (SSSR count). The zero-order valence-electron chi connectivity index (χ0n) is 14.3. The molecule has 0 aliphatic carbocycles. The number of hydrogen-bond acceptors (Lipinski definition) is 3. The van der Waals surface area contributed by atoms with E-state index < -0.39 is 0 Å². The topological polar surface area (TPSA) is 51.3 Å². The highest BCUT2D eigenvalue weighted by atomic mass is 16.3. The van der Waals surface area contributed by atoms with Crippen molar-refractivity contribution in [1.82, 2.24) is 14.5 Å². The number of benzene rings is 2. The molecule has 4 aromatic rings. The number of furan rings is 1. The standard InChI is InChI=1S/C20H19N3O2/c1-22-10-9-21-19(22)13-23(2)20(24)12-15-11-17-16-6-4-3-5-14(16)7-8-18(17)25-15/h3-11H,12-13H2,1-2H3. The zero-order valence-corrected chi connectivity index (χ0v) is 14.3. The average molecular weight is 333 g/mol. The highest BCUT2D eigenvalue weighted by Crippen LogP contribution is 2.28. The number of amides is 1. The number of aromatic nitrogens is 2. The molecule has 0 bridgehead atoms. The zero-order chi connectivity index (χ0) is 17.4. The van der Waals surface area contributed by atoms with E-state index in [0.29, 0.717) is 12.3 Å². The van der Waals surface area contributed by atoms with E-state index in [-0.39, 0.29) is 12.3 Å². The minimum absolute atomic E-state index is 0.00589. The lowest BCUT2D eigenvalue weighted by Gasteiger charge is -2.16. The van der Waals surface area contributed by atoms with Gasteiger partial charge in [0.05, 0.1) is 13.0 Å². The molecule has 0 unspecified atom stereocenters. The Morgan fingerprint density at radius 1 is 1.20 bits per heavy atom. The summed E-state index contributed by atoms with van der Waals surface area (Å²) in [6.07, 6.45) is 3.85. The van der Waals surface area contributed by atoms with Crippen molar-refractivity contribution in [2.75, 3.05) is 7.05 Å². The van der Waals surface area contributed by atoms with Crippen LogP contribution in [0.5, 0.6) is 0 Å². The molecule has 0 aliphatic heterocycles. The van der Waals surface area contributed by atoms with Crippen LogP contribution in [0.1, 0.15) is 11.6 Å². The molecule has 0 saturated heterocycles. The lowest BCUT2D eigenvalue weighted by molar-refractivity contribution is -0.130. The van der Waals surface area contributed by atoms with Gasteiger partial charge in [0.25, 0.3) is 0 Å². The number of nitrogens with zero attached hydrogens (tertiary/aromatic N) is 3. The molecule has 0 saturated carbocycles. The van der Waals surface area contributed by atoms with E-state index in [1.54, 1.807) is 18.1 Å². The second-order valence-corrected chi connectivity index (χ2v) is 6.29. The van der Waals surface area contributed by atoms with Crippen LogP contribution in [0.2, 0.25) is 0 Å². The summed E-state index contributed by atoms with van der Waals surface area (Å²) in [5.74, 6) is 1.54. The first-order chi connectivity index (χ1) is 12.1. The maximum Gasteiger partial charge on any atom is 0.230 e. The summed E-state index contributed by atoms with van der Waals surface area (Å²) >= 11 is 0. The summed E-state index contributed by atoms with van der Waals surface area (Å²) in [5.41, 5.74) is 0.813. The molecule has 0 spiro atoms. The molecule has 0 N–H and O–H groups in total. The number of imidazole rings is 1. The molecule has 0 aliphatic rings. The Morgan fingerprint density at radius 2 is 2.04 bits per heavy atom. The highest BCUT2D eigenvalue weighted by molar-refractivity contribution is 6.06. The number of aryl methyl sites for hydroxylation is 1. The second kappa shape index (κ2) is 6.09. The molecule has 2 heterocycles. The van der Waals surface area contributed by atoms with Crippen LogP contribution < -0.4 is 0 Å². The van der Waals surface area contributed by atoms with Crippen molar-refractivity contribution < 1.29 is 9.21 Å². The van der Waals surface area contributed by atoms with Gasteiger partial charge in [0.2, 0.25) is 5.91 Å². The molecule has 0 radical (unpaired) electrons. The van der Waals surface area contributed by atoms with Gasteiger partial charge in [0.15, 0.2) is 0 Å². The van der Waals surface area contributed by atoms with Crippen LogP contribution in [0.15, 0.2) is 59.3 Å². The van der Waals surface area contributed by atoms with E-state index in [9.17, 15) is 4.79 Å². The van der Waals surface area contributed by atoms with Gasteiger partial charge in [-0.05, 0) is 22.9 Å². The Labute approximate surface area is 145 Å². The Bertz CT molecular complexity index is 1060. The van der Waals surface area contributed by atoms with Crippen molar-refractivity contribution in [3.05, 3.63) is 66.4 Å². The van der Waals surface area contributed by atoms with Crippen molar-refractivity contribution in [3.63, 3.8) is 0 Å². The molecule has 5 nitrogen and oxygen atoms in total. The van der Waals surface area contributed by atoms with Gasteiger partial charge in [0, 0.05) is 31.9 Å². The molecular weight excluding hydrogens is 314 g/mol. The summed E-state index contributed by atoms with van der Waals surface area (Å²) in [6.45, 7) is 0.478. The summed E-state index contributed by atoms with van der Waals surface area (Å²) in [5, 5.41) is 3.36. The maximum absolute atomic E-state index is 12.5. The first-order valence-corrected chi connectivity index (χ1v) is 8.22. The Balaban J connectivity index is 1.57. The van der Waals surface area contributed by atoms with Crippen molar-refractivity contribution in [2.45, 2.75) is 13.0 Å². The Morgan fingerprint density at radius 3 is 2.84 bits per heavy atom. The quantitative estimate of drug-likeness (QED) is 0.574. The first kappa shape index (κ1) is 15.4. The van der Waals surface area contributed by atoms with Crippen LogP contribution in [0.25, 0.3) is 21.7 Å². The van der Waals surface area contributed by atoms with Crippen LogP contribution >= 0.6 is 0 Å². The maximum atomic E-state index is 12.5. The molecule has 0 fully saturated rings. The predicted octanol–water partition coefficient (Wildman–Crippen LogP) is 3.52. The number of hydrogen-bond donors (Lipinski definition) is 0. The Kier molecular flexibility index (Phi) is 3.76. The number of carbonyl (C=O) groups excluding carboxylic acids is 1. The smallest absolute Gasteiger partial charge is 0.230 e. The van der Waals surface area contributed by atoms with E-state index in [4.69, 9.17) is 4.42 Å². The summed E-state index contributed by atoms with van der Waals surface area (Å²) in [7, 11) is 3.71. The first-order valence-electron chi connectivity index (χ1n) is 8.22. The van der Waals surface area contributed by atoms with E-state index in [2.05, 4.69) is 17.1 Å². The molecule has 2 aromatic heterocycles.